The normalized spacial score (nSPS) is 29.5. The number of likely N-dealkylation sites (N-methyl/N-ethyl adjacent to an activating group) is 2. The van der Waals surface area contributed by atoms with Crippen molar-refractivity contribution in [3.8, 4) is 0 Å². The zero-order chi connectivity index (χ0) is 18.4. The fourth-order valence-corrected chi connectivity index (χ4v) is 3.46. The Kier molecular flexibility index (Phi) is 4.67. The molecule has 0 radical (unpaired) electrons. The summed E-state index contributed by atoms with van der Waals surface area (Å²) in [7, 11) is 1.72. The highest BCUT2D eigenvalue weighted by Crippen LogP contribution is 2.36. The van der Waals surface area contributed by atoms with E-state index in [1.807, 2.05) is 20.8 Å². The van der Waals surface area contributed by atoms with Gasteiger partial charge in [0.25, 0.3) is 0 Å². The van der Waals surface area contributed by atoms with Crippen LogP contribution in [0.15, 0.2) is 12.4 Å². The molecule has 2 aliphatic rings. The van der Waals surface area contributed by atoms with Gasteiger partial charge in [-0.3, -0.25) is 9.88 Å². The monoisotopic (exact) mass is 360 g/mol. The van der Waals surface area contributed by atoms with Crippen LogP contribution in [0.25, 0.3) is 0 Å². The average Bonchev–Trinajstić information content (AvgIpc) is 2.86. The van der Waals surface area contributed by atoms with E-state index < -0.39 is 17.7 Å². The second kappa shape index (κ2) is 6.37. The van der Waals surface area contributed by atoms with E-state index in [1.54, 1.807) is 11.9 Å². The molecule has 25 heavy (non-hydrogen) atoms. The van der Waals surface area contributed by atoms with Gasteiger partial charge in [-0.05, 0) is 20.4 Å². The number of anilines is 1. The van der Waals surface area contributed by atoms with Gasteiger partial charge in [-0.25, -0.2) is 4.98 Å². The van der Waals surface area contributed by atoms with Crippen molar-refractivity contribution in [1.29, 1.82) is 0 Å². The van der Waals surface area contributed by atoms with Crippen LogP contribution in [0.4, 0.5) is 19.0 Å². The molecule has 0 amide bonds. The average molecular weight is 360 g/mol. The lowest BCUT2D eigenvalue weighted by Gasteiger charge is -2.42. The van der Waals surface area contributed by atoms with E-state index >= 15 is 0 Å². The molecule has 0 unspecified atom stereocenters. The van der Waals surface area contributed by atoms with Gasteiger partial charge in [0.1, 0.15) is 18.0 Å². The molecule has 0 spiro atoms. The predicted octanol–water partition coefficient (Wildman–Crippen LogP) is 2.16. The number of aromatic nitrogens is 2. The molecule has 0 saturated carbocycles. The molecule has 1 aromatic rings. The van der Waals surface area contributed by atoms with Crippen molar-refractivity contribution in [2.45, 2.75) is 51.0 Å². The van der Waals surface area contributed by atoms with Gasteiger partial charge in [0.05, 0.1) is 18.4 Å². The molecule has 6 nitrogen and oxygen atoms in total. The van der Waals surface area contributed by atoms with Gasteiger partial charge in [-0.2, -0.15) is 13.2 Å². The van der Waals surface area contributed by atoms with E-state index in [0.29, 0.717) is 6.54 Å². The van der Waals surface area contributed by atoms with Crippen LogP contribution in [-0.4, -0.2) is 65.6 Å². The molecule has 0 bridgehead atoms. The fraction of sp³-hybridized carbons (Fsp3) is 0.750. The van der Waals surface area contributed by atoms with E-state index in [-0.39, 0.29) is 24.1 Å². The number of ether oxygens (including phenoxy) is 2. The van der Waals surface area contributed by atoms with Crippen LogP contribution in [0.1, 0.15) is 26.5 Å². The van der Waals surface area contributed by atoms with E-state index in [4.69, 9.17) is 9.47 Å². The Morgan fingerprint density at radius 3 is 2.64 bits per heavy atom. The first-order valence-electron chi connectivity index (χ1n) is 8.31. The van der Waals surface area contributed by atoms with Crippen LogP contribution in [0.5, 0.6) is 0 Å². The molecule has 0 aliphatic carbocycles. The minimum absolute atomic E-state index is 0.130. The molecule has 3 heterocycles. The number of hydrogen-bond acceptors (Lipinski definition) is 6. The Labute approximate surface area is 144 Å². The highest BCUT2D eigenvalue weighted by Gasteiger charge is 2.50. The summed E-state index contributed by atoms with van der Waals surface area (Å²) in [6.45, 7) is 7.97. The largest absolute Gasteiger partial charge is 0.434 e. The molecule has 2 aliphatic heterocycles. The summed E-state index contributed by atoms with van der Waals surface area (Å²) in [5.74, 6) is -0.540. The lowest BCUT2D eigenvalue weighted by atomic mass is 9.98. The fourth-order valence-electron chi connectivity index (χ4n) is 3.46. The molecular weight excluding hydrogens is 337 g/mol. The van der Waals surface area contributed by atoms with Gasteiger partial charge >= 0.3 is 6.18 Å². The number of alkyl halides is 3. The van der Waals surface area contributed by atoms with Crippen molar-refractivity contribution in [3.63, 3.8) is 0 Å². The molecule has 0 aromatic carbocycles. The predicted molar refractivity (Wildman–Crippen MR) is 85.2 cm³/mol. The molecule has 2 fully saturated rings. The molecule has 1 aromatic heterocycles. The molecule has 0 N–H and O–H groups in total. The molecule has 9 heteroatoms. The maximum atomic E-state index is 12.9. The van der Waals surface area contributed by atoms with Gasteiger partial charge in [0, 0.05) is 20.1 Å². The highest BCUT2D eigenvalue weighted by molar-refractivity contribution is 5.38. The van der Waals surface area contributed by atoms with Crippen LogP contribution < -0.4 is 4.90 Å². The van der Waals surface area contributed by atoms with E-state index in [2.05, 4.69) is 14.9 Å². The highest BCUT2D eigenvalue weighted by atomic mass is 19.4. The molecule has 140 valence electrons. The maximum Gasteiger partial charge on any atom is 0.434 e. The van der Waals surface area contributed by atoms with Gasteiger partial charge in [-0.1, -0.05) is 6.92 Å². The number of piperidine rings is 1. The summed E-state index contributed by atoms with van der Waals surface area (Å²) in [6.07, 6.45) is -2.81. The lowest BCUT2D eigenvalue weighted by Crippen LogP contribution is -2.59. The SMILES string of the molecule is CCN1C[C@@H]2OC(C)(C)O[C@@H]2[C@@H](N(C)c2cncc(C(F)(F)F)n2)C1. The number of nitrogens with zero attached hydrogens (tertiary/aromatic N) is 4. The zero-order valence-corrected chi connectivity index (χ0v) is 14.7. The zero-order valence-electron chi connectivity index (χ0n) is 14.7. The van der Waals surface area contributed by atoms with Crippen molar-refractivity contribution in [1.82, 2.24) is 14.9 Å². The van der Waals surface area contributed by atoms with Crippen LogP contribution >= 0.6 is 0 Å². The summed E-state index contributed by atoms with van der Waals surface area (Å²) in [6, 6.07) is -0.182. The molecule has 2 saturated heterocycles. The van der Waals surface area contributed by atoms with Crippen LogP contribution in [-0.2, 0) is 15.7 Å². The first-order valence-corrected chi connectivity index (χ1v) is 8.31. The Morgan fingerprint density at radius 1 is 1.28 bits per heavy atom. The number of rotatable bonds is 3. The third-order valence-electron chi connectivity index (χ3n) is 4.70. The summed E-state index contributed by atoms with van der Waals surface area (Å²) >= 11 is 0. The topological polar surface area (TPSA) is 50.7 Å². The minimum atomic E-state index is -4.52. The van der Waals surface area contributed by atoms with Crippen LogP contribution in [0.3, 0.4) is 0 Å². The smallest absolute Gasteiger partial charge is 0.351 e. The Balaban J connectivity index is 1.88. The quantitative estimate of drug-likeness (QED) is 0.823. The Morgan fingerprint density at radius 2 is 2.00 bits per heavy atom. The van der Waals surface area contributed by atoms with Crippen molar-refractivity contribution in [2.24, 2.45) is 0 Å². The van der Waals surface area contributed by atoms with E-state index in [1.165, 1.54) is 6.20 Å². The maximum absolute atomic E-state index is 12.9. The summed E-state index contributed by atoms with van der Waals surface area (Å²) < 4.78 is 50.8. The molecular formula is C16H23F3N4O2. The summed E-state index contributed by atoms with van der Waals surface area (Å²) in [5, 5.41) is 0. The van der Waals surface area contributed by atoms with Crippen molar-refractivity contribution in [2.75, 3.05) is 31.6 Å². The van der Waals surface area contributed by atoms with Crippen molar-refractivity contribution in [3.05, 3.63) is 18.1 Å². The second-order valence-electron chi connectivity index (χ2n) is 6.93. The minimum Gasteiger partial charge on any atom is -0.351 e. The summed E-state index contributed by atoms with van der Waals surface area (Å²) in [4.78, 5) is 11.4. The number of hydrogen-bond donors (Lipinski definition) is 0. The molecule has 3 rings (SSSR count). The third-order valence-corrected chi connectivity index (χ3v) is 4.70. The lowest BCUT2D eigenvalue weighted by molar-refractivity contribution is -0.146. The third kappa shape index (κ3) is 3.73. The summed E-state index contributed by atoms with van der Waals surface area (Å²) in [5.41, 5.74) is -1.000. The van der Waals surface area contributed by atoms with Gasteiger partial charge in [0.15, 0.2) is 11.5 Å². The van der Waals surface area contributed by atoms with E-state index in [0.717, 1.165) is 19.3 Å². The first-order chi connectivity index (χ1) is 11.6. The van der Waals surface area contributed by atoms with E-state index in [9.17, 15) is 13.2 Å². The Bertz CT molecular complexity index is 626. The van der Waals surface area contributed by atoms with Crippen LogP contribution in [0, 0.1) is 0 Å². The number of likely N-dealkylation sites (tertiary alicyclic amines) is 1. The van der Waals surface area contributed by atoms with Gasteiger partial charge in [0.2, 0.25) is 0 Å². The van der Waals surface area contributed by atoms with Crippen LogP contribution in [0.2, 0.25) is 0 Å². The molecule has 3 atom stereocenters. The number of fused-ring (bicyclic) bond motifs is 1. The number of halogens is 3. The van der Waals surface area contributed by atoms with Gasteiger partial charge in [-0.15, -0.1) is 0 Å². The van der Waals surface area contributed by atoms with Crippen molar-refractivity contribution < 1.29 is 22.6 Å². The first kappa shape index (κ1) is 18.3. The Hall–Kier alpha value is -1.45. The second-order valence-corrected chi connectivity index (χ2v) is 6.93. The van der Waals surface area contributed by atoms with Crippen molar-refractivity contribution >= 4 is 5.82 Å². The standard InChI is InChI=1S/C16H23F3N4O2/c1-5-23-8-10(14-11(9-23)24-15(2,3)25-14)22(4)13-7-20-6-12(21-13)16(17,18)19/h6-7,10-11,14H,5,8-9H2,1-4H3/t10-,11-,14+/m0/s1. The van der Waals surface area contributed by atoms with Gasteiger partial charge < -0.3 is 14.4 Å².